The number of aliphatic hydroxyl groups excluding tert-OH is 1. The number of fused-ring (bicyclic) bond motifs is 1. The fourth-order valence-electron chi connectivity index (χ4n) is 5.85. The topological polar surface area (TPSA) is 140 Å². The number of hydrogen-bond acceptors (Lipinski definition) is 7. The number of thioether (sulfide) groups is 1. The predicted octanol–water partition coefficient (Wildman–Crippen LogP) is 0.172. The molecule has 0 spiro atoms. The molecule has 0 aromatic heterocycles. The van der Waals surface area contributed by atoms with Crippen LogP contribution in [0.15, 0.2) is 15.6 Å². The summed E-state index contributed by atoms with van der Waals surface area (Å²) in [5.41, 5.74) is 5.68. The van der Waals surface area contributed by atoms with Crippen molar-refractivity contribution in [2.45, 2.75) is 57.1 Å². The van der Waals surface area contributed by atoms with Crippen molar-refractivity contribution in [1.29, 1.82) is 0 Å². The zero-order valence-electron chi connectivity index (χ0n) is 20.2. The van der Waals surface area contributed by atoms with Crippen LogP contribution >= 0.6 is 11.8 Å². The van der Waals surface area contributed by atoms with Gasteiger partial charge in [-0.3, -0.25) is 19.5 Å². The summed E-state index contributed by atoms with van der Waals surface area (Å²) in [4.78, 5) is 48.2. The van der Waals surface area contributed by atoms with Crippen LogP contribution in [0.3, 0.4) is 0 Å². The van der Waals surface area contributed by atoms with E-state index < -0.39 is 18.0 Å². The Morgan fingerprint density at radius 2 is 2.03 bits per heavy atom. The van der Waals surface area contributed by atoms with Crippen LogP contribution in [0.25, 0.3) is 0 Å². The van der Waals surface area contributed by atoms with Gasteiger partial charge in [-0.2, -0.15) is 0 Å². The molecule has 4 rings (SSSR count). The zero-order valence-corrected chi connectivity index (χ0v) is 21.0. The lowest BCUT2D eigenvalue weighted by atomic mass is 9.79. The molecular weight excluding hydrogens is 458 g/mol. The summed E-state index contributed by atoms with van der Waals surface area (Å²) in [5, 5.41) is 19.9. The highest BCUT2D eigenvalue weighted by molar-refractivity contribution is 8.03. The van der Waals surface area contributed by atoms with E-state index >= 15 is 0 Å². The molecule has 4 aliphatic heterocycles. The molecule has 7 atom stereocenters. The Morgan fingerprint density at radius 3 is 2.65 bits per heavy atom. The minimum absolute atomic E-state index is 0.0416. The van der Waals surface area contributed by atoms with Gasteiger partial charge in [0.1, 0.15) is 5.70 Å². The molecule has 0 radical (unpaired) electrons. The number of carbonyl (C=O) groups excluding carboxylic acids is 2. The van der Waals surface area contributed by atoms with E-state index in [1.807, 2.05) is 18.9 Å². The minimum Gasteiger partial charge on any atom is -0.477 e. The number of amidine groups is 1. The highest BCUT2D eigenvalue weighted by atomic mass is 32.2. The predicted molar refractivity (Wildman–Crippen MR) is 129 cm³/mol. The molecule has 2 amide bonds. The van der Waals surface area contributed by atoms with E-state index in [9.17, 15) is 24.6 Å². The molecule has 4 heterocycles. The molecule has 4 N–H and O–H groups in total. The molecule has 10 nitrogen and oxygen atoms in total. The summed E-state index contributed by atoms with van der Waals surface area (Å²) in [6.45, 7) is 7.97. The van der Waals surface area contributed by atoms with Gasteiger partial charge in [0.25, 0.3) is 0 Å². The van der Waals surface area contributed by atoms with Gasteiger partial charge in [0.2, 0.25) is 11.8 Å². The van der Waals surface area contributed by atoms with Crippen LogP contribution in [0.4, 0.5) is 0 Å². The van der Waals surface area contributed by atoms with Crippen molar-refractivity contribution in [2.24, 2.45) is 28.5 Å². The molecule has 188 valence electrons. The molecular formula is C23H35N5O5S. The van der Waals surface area contributed by atoms with E-state index in [4.69, 9.17) is 5.73 Å². The zero-order chi connectivity index (χ0) is 24.9. The number of likely N-dealkylation sites (tertiary alicyclic amines) is 2. The number of aliphatic hydroxyl groups is 1. The Labute approximate surface area is 204 Å². The van der Waals surface area contributed by atoms with E-state index in [2.05, 4.69) is 9.89 Å². The Morgan fingerprint density at radius 1 is 1.32 bits per heavy atom. The van der Waals surface area contributed by atoms with Gasteiger partial charge in [-0.25, -0.2) is 4.79 Å². The number of likely N-dealkylation sites (N-methyl/N-ethyl adjacent to an activating group) is 1. The smallest absolute Gasteiger partial charge is 0.353 e. The number of carbonyl (C=O) groups is 3. The number of β-lactam (4-membered cyclic amide) rings is 1. The van der Waals surface area contributed by atoms with Crippen LogP contribution in [0.1, 0.15) is 33.6 Å². The first kappa shape index (κ1) is 25.0. The molecule has 0 aliphatic carbocycles. The average Bonchev–Trinajstić information content (AvgIpc) is 3.42. The second kappa shape index (κ2) is 9.50. The van der Waals surface area contributed by atoms with Crippen molar-refractivity contribution in [2.75, 3.05) is 33.2 Å². The second-order valence-corrected chi connectivity index (χ2v) is 11.5. The number of carboxylic acids is 1. The first-order valence-corrected chi connectivity index (χ1v) is 12.8. The quantitative estimate of drug-likeness (QED) is 0.259. The molecule has 0 bridgehead atoms. The standard InChI is InChI=1S/C23H35N5O5S/c1-11-18-17(12(2)29)22(31)28(18)19(23(32)33)20(11)34-15-7-16(26(4)10-15)21(30)27-6-5-14(9-27)8-25-13(3)24/h11-12,14-18,29H,5-10H2,1-4H3,(H2,24,25)(H,32,33)/t11?,12-,14-,15+,16+,17?,18?/m1/s1. The van der Waals surface area contributed by atoms with Gasteiger partial charge in [0.15, 0.2) is 0 Å². The van der Waals surface area contributed by atoms with Gasteiger partial charge in [0, 0.05) is 42.3 Å². The van der Waals surface area contributed by atoms with Crippen LogP contribution in [0, 0.1) is 17.8 Å². The number of carboxylic acid groups (broad SMARTS) is 1. The van der Waals surface area contributed by atoms with Crippen LogP contribution < -0.4 is 5.73 Å². The highest BCUT2D eigenvalue weighted by Gasteiger charge is 2.60. The third-order valence-electron chi connectivity index (χ3n) is 7.60. The third-order valence-corrected chi connectivity index (χ3v) is 9.09. The average molecular weight is 494 g/mol. The molecule has 3 saturated heterocycles. The molecule has 11 heteroatoms. The Balaban J connectivity index is 1.42. The van der Waals surface area contributed by atoms with Gasteiger partial charge in [-0.15, -0.1) is 11.8 Å². The lowest BCUT2D eigenvalue weighted by molar-refractivity contribution is -0.163. The first-order valence-electron chi connectivity index (χ1n) is 11.9. The van der Waals surface area contributed by atoms with Crippen molar-refractivity contribution in [3.05, 3.63) is 10.6 Å². The van der Waals surface area contributed by atoms with Crippen molar-refractivity contribution in [3.63, 3.8) is 0 Å². The van der Waals surface area contributed by atoms with E-state index in [1.54, 1.807) is 13.8 Å². The summed E-state index contributed by atoms with van der Waals surface area (Å²) in [6, 6.07) is -0.565. The molecule has 34 heavy (non-hydrogen) atoms. The number of aliphatic imine (C=N–C) groups is 1. The van der Waals surface area contributed by atoms with Crippen LogP contribution in [0.2, 0.25) is 0 Å². The molecule has 3 fully saturated rings. The summed E-state index contributed by atoms with van der Waals surface area (Å²) < 4.78 is 0. The van der Waals surface area contributed by atoms with Crippen molar-refractivity contribution >= 4 is 35.4 Å². The fraction of sp³-hybridized carbons (Fsp3) is 0.739. The number of rotatable bonds is 7. The first-order chi connectivity index (χ1) is 16.0. The normalized spacial score (nSPS) is 35.1. The monoisotopic (exact) mass is 493 g/mol. The Kier molecular flexibility index (Phi) is 6.99. The van der Waals surface area contributed by atoms with Crippen LogP contribution in [0.5, 0.6) is 0 Å². The van der Waals surface area contributed by atoms with E-state index in [0.717, 1.165) is 13.0 Å². The lowest BCUT2D eigenvalue weighted by Gasteiger charge is -2.46. The second-order valence-electron chi connectivity index (χ2n) is 10.1. The minimum atomic E-state index is -1.12. The maximum absolute atomic E-state index is 13.3. The largest absolute Gasteiger partial charge is 0.477 e. The molecule has 0 aromatic rings. The fourth-order valence-corrected chi connectivity index (χ4v) is 7.45. The van der Waals surface area contributed by atoms with Gasteiger partial charge in [-0.05, 0) is 39.7 Å². The van der Waals surface area contributed by atoms with Gasteiger partial charge < -0.3 is 25.7 Å². The molecule has 0 saturated carbocycles. The number of hydrogen-bond donors (Lipinski definition) is 3. The van der Waals surface area contributed by atoms with E-state index in [0.29, 0.717) is 42.7 Å². The van der Waals surface area contributed by atoms with Gasteiger partial charge in [-0.1, -0.05) is 6.92 Å². The number of nitrogens with zero attached hydrogens (tertiary/aromatic N) is 4. The van der Waals surface area contributed by atoms with Crippen molar-refractivity contribution in [3.8, 4) is 0 Å². The van der Waals surface area contributed by atoms with Gasteiger partial charge >= 0.3 is 5.97 Å². The summed E-state index contributed by atoms with van der Waals surface area (Å²) in [6.07, 6.45) is 0.723. The Hall–Kier alpha value is -2.11. The van der Waals surface area contributed by atoms with E-state index in [1.165, 1.54) is 16.7 Å². The van der Waals surface area contributed by atoms with Crippen LogP contribution in [-0.4, -0.2) is 105 Å². The lowest BCUT2D eigenvalue weighted by Crippen LogP contribution is -2.63. The Bertz CT molecular complexity index is 933. The number of aliphatic carboxylic acids is 1. The van der Waals surface area contributed by atoms with Crippen molar-refractivity contribution in [1.82, 2.24) is 14.7 Å². The van der Waals surface area contributed by atoms with Crippen LogP contribution in [-0.2, 0) is 14.4 Å². The maximum atomic E-state index is 13.3. The summed E-state index contributed by atoms with van der Waals surface area (Å²) >= 11 is 1.48. The summed E-state index contributed by atoms with van der Waals surface area (Å²) in [7, 11) is 1.93. The molecule has 0 aromatic carbocycles. The molecule has 4 aliphatic rings. The number of nitrogens with two attached hydrogens (primary N) is 1. The van der Waals surface area contributed by atoms with Crippen molar-refractivity contribution < 1.29 is 24.6 Å². The SMILES string of the molecule is CC(N)=NC[C@H]1CCN(C(=O)[C@@H]2C[C@H](SC3=C(C(=O)O)N4C(=O)C([C@@H](C)O)C4C3C)CN2C)C1. The van der Waals surface area contributed by atoms with E-state index in [-0.39, 0.29) is 40.8 Å². The number of amides is 2. The van der Waals surface area contributed by atoms with Gasteiger partial charge in [0.05, 0.1) is 29.9 Å². The maximum Gasteiger partial charge on any atom is 0.353 e. The third kappa shape index (κ3) is 4.33. The highest BCUT2D eigenvalue weighted by Crippen LogP contribution is 2.52. The molecule has 3 unspecified atom stereocenters. The summed E-state index contributed by atoms with van der Waals surface area (Å²) in [5.74, 6) is -1.19.